The van der Waals surface area contributed by atoms with Gasteiger partial charge in [0.25, 0.3) is 0 Å². The topological polar surface area (TPSA) is 18.1 Å². The number of halogens is 1. The van der Waals surface area contributed by atoms with E-state index in [1.807, 2.05) is 12.1 Å². The van der Waals surface area contributed by atoms with E-state index in [2.05, 4.69) is 119 Å². The van der Waals surface area contributed by atoms with Crippen LogP contribution in [0.15, 0.2) is 106 Å². The van der Waals surface area contributed by atoms with E-state index in [9.17, 15) is 0 Å². The van der Waals surface area contributed by atoms with E-state index in [0.29, 0.717) is 0 Å². The highest BCUT2D eigenvalue weighted by Gasteiger charge is 2.37. The normalized spacial score (nSPS) is 14.2. The fraction of sp³-hybridized carbons (Fsp3) is 0.0909. The molecule has 0 atom stereocenters. The van der Waals surface area contributed by atoms with E-state index in [1.54, 1.807) is 0 Å². The van der Waals surface area contributed by atoms with Gasteiger partial charge in [-0.1, -0.05) is 84.4 Å². The Labute approximate surface area is 216 Å². The van der Waals surface area contributed by atoms with Gasteiger partial charge in [0.15, 0.2) is 0 Å². The van der Waals surface area contributed by atoms with E-state index in [4.69, 9.17) is 4.42 Å². The average Bonchev–Trinajstić information content (AvgIpc) is 3.50. The number of hydrogen-bond donors (Lipinski definition) is 0. The molecule has 8 rings (SSSR count). The van der Waals surface area contributed by atoms with Crippen molar-refractivity contribution in [1.82, 2.24) is 4.57 Å². The molecule has 3 heteroatoms. The summed E-state index contributed by atoms with van der Waals surface area (Å²) in [6, 6.07) is 35.0. The van der Waals surface area contributed by atoms with Crippen molar-refractivity contribution >= 4 is 59.7 Å². The van der Waals surface area contributed by atoms with Crippen LogP contribution in [0.4, 0.5) is 0 Å². The Hall–Kier alpha value is -3.82. The molecular weight excluding hydrogens is 506 g/mol. The lowest BCUT2D eigenvalue weighted by atomic mass is 9.82. The highest BCUT2D eigenvalue weighted by Crippen LogP contribution is 2.53. The third-order valence-electron chi connectivity index (χ3n) is 8.07. The van der Waals surface area contributed by atoms with Crippen molar-refractivity contribution in [3.05, 3.63) is 113 Å². The molecule has 0 fully saturated rings. The van der Waals surface area contributed by atoms with Crippen LogP contribution in [-0.2, 0) is 5.41 Å². The van der Waals surface area contributed by atoms with Crippen LogP contribution in [0.5, 0.6) is 0 Å². The van der Waals surface area contributed by atoms with Gasteiger partial charge in [0.05, 0.1) is 11.0 Å². The molecule has 0 saturated carbocycles. The highest BCUT2D eigenvalue weighted by atomic mass is 79.9. The molecule has 0 bridgehead atoms. The minimum absolute atomic E-state index is 0.0236. The monoisotopic (exact) mass is 527 g/mol. The zero-order valence-electron chi connectivity index (χ0n) is 20.0. The number of fused-ring (bicyclic) bond motifs is 10. The number of nitrogens with zero attached hydrogens (tertiary/aromatic N) is 1. The van der Waals surface area contributed by atoms with Crippen molar-refractivity contribution in [2.75, 3.05) is 0 Å². The molecule has 0 unspecified atom stereocenters. The quantitative estimate of drug-likeness (QED) is 0.207. The predicted molar refractivity (Wildman–Crippen MR) is 153 cm³/mol. The van der Waals surface area contributed by atoms with E-state index in [1.165, 1.54) is 44.1 Å². The molecule has 36 heavy (non-hydrogen) atoms. The van der Waals surface area contributed by atoms with Gasteiger partial charge in [0.2, 0.25) is 0 Å². The Morgan fingerprint density at radius 3 is 2.42 bits per heavy atom. The molecule has 7 aromatic rings. The highest BCUT2D eigenvalue weighted by molar-refractivity contribution is 9.10. The summed E-state index contributed by atoms with van der Waals surface area (Å²) < 4.78 is 9.63. The first-order valence-corrected chi connectivity index (χ1v) is 13.1. The van der Waals surface area contributed by atoms with Gasteiger partial charge in [0, 0.05) is 37.1 Å². The fourth-order valence-electron chi connectivity index (χ4n) is 6.44. The van der Waals surface area contributed by atoms with Crippen LogP contribution < -0.4 is 0 Å². The molecule has 0 radical (unpaired) electrons. The molecule has 1 aliphatic rings. The second-order valence-electron chi connectivity index (χ2n) is 10.3. The number of benzene rings is 5. The van der Waals surface area contributed by atoms with Crippen molar-refractivity contribution < 1.29 is 4.42 Å². The Bertz CT molecular complexity index is 2040. The molecule has 2 nitrogen and oxygen atoms in total. The largest absolute Gasteiger partial charge is 0.456 e. The molecule has 0 N–H and O–H groups in total. The summed E-state index contributed by atoms with van der Waals surface area (Å²) in [5, 5.41) is 4.86. The first kappa shape index (κ1) is 20.4. The minimum atomic E-state index is -0.0236. The maximum absolute atomic E-state index is 6.16. The summed E-state index contributed by atoms with van der Waals surface area (Å²) in [5.74, 6) is 0. The third-order valence-corrected chi connectivity index (χ3v) is 8.73. The van der Waals surface area contributed by atoms with Crippen LogP contribution in [0.3, 0.4) is 0 Å². The second-order valence-corrected chi connectivity index (χ2v) is 11.2. The molecule has 2 aromatic heterocycles. The van der Waals surface area contributed by atoms with Gasteiger partial charge in [-0.3, -0.25) is 0 Å². The Morgan fingerprint density at radius 1 is 0.667 bits per heavy atom. The second kappa shape index (κ2) is 6.89. The molecule has 0 aliphatic heterocycles. The molecule has 5 aromatic carbocycles. The van der Waals surface area contributed by atoms with Crippen LogP contribution in [0.25, 0.3) is 60.6 Å². The summed E-state index contributed by atoms with van der Waals surface area (Å²) in [6.07, 6.45) is 0. The van der Waals surface area contributed by atoms with Gasteiger partial charge < -0.3 is 8.98 Å². The van der Waals surface area contributed by atoms with Gasteiger partial charge in [-0.05, 0) is 64.7 Å². The van der Waals surface area contributed by atoms with Crippen molar-refractivity contribution in [3.8, 4) is 16.8 Å². The summed E-state index contributed by atoms with van der Waals surface area (Å²) >= 11 is 3.74. The number of hydrogen-bond acceptors (Lipinski definition) is 1. The maximum Gasteiger partial charge on any atom is 0.136 e. The van der Waals surface area contributed by atoms with E-state index in [0.717, 1.165) is 32.1 Å². The van der Waals surface area contributed by atoms with E-state index >= 15 is 0 Å². The number of furan rings is 1. The standard InChI is InChI=1S/C33H22BrNO/c1-33(2)23-10-5-3-8-20(23)30-24(33)15-16-27-32(30)21-9-4-6-12-26(21)35(27)19-14-17-28-22(18-19)31-25(34)11-7-13-29(31)36-28/h3-18H,1-2H3. The first-order valence-electron chi connectivity index (χ1n) is 12.3. The van der Waals surface area contributed by atoms with Gasteiger partial charge >= 0.3 is 0 Å². The summed E-state index contributed by atoms with van der Waals surface area (Å²) in [7, 11) is 0. The van der Waals surface area contributed by atoms with Crippen molar-refractivity contribution in [3.63, 3.8) is 0 Å². The minimum Gasteiger partial charge on any atom is -0.456 e. The van der Waals surface area contributed by atoms with Crippen molar-refractivity contribution in [2.45, 2.75) is 19.3 Å². The molecule has 172 valence electrons. The van der Waals surface area contributed by atoms with Gasteiger partial charge in [-0.2, -0.15) is 0 Å². The molecule has 1 aliphatic carbocycles. The smallest absolute Gasteiger partial charge is 0.136 e. The average molecular weight is 528 g/mol. The van der Waals surface area contributed by atoms with Crippen LogP contribution >= 0.6 is 15.9 Å². The van der Waals surface area contributed by atoms with Crippen LogP contribution in [0.2, 0.25) is 0 Å². The van der Waals surface area contributed by atoms with Crippen molar-refractivity contribution in [2.24, 2.45) is 0 Å². The Balaban J connectivity index is 1.52. The SMILES string of the molecule is CC1(C)c2ccccc2-c2c1ccc1c2c2ccccc2n1-c1ccc2oc3cccc(Br)c3c2c1. The van der Waals surface area contributed by atoms with E-state index < -0.39 is 0 Å². The third kappa shape index (κ3) is 2.46. The zero-order chi connectivity index (χ0) is 24.2. The molecule has 0 amide bonds. The predicted octanol–water partition coefficient (Wildman–Crippen LogP) is 9.75. The zero-order valence-corrected chi connectivity index (χ0v) is 21.6. The Morgan fingerprint density at radius 2 is 1.50 bits per heavy atom. The lowest BCUT2D eigenvalue weighted by Gasteiger charge is -2.21. The lowest BCUT2D eigenvalue weighted by molar-refractivity contribution is 0.661. The van der Waals surface area contributed by atoms with Crippen LogP contribution in [0.1, 0.15) is 25.0 Å². The summed E-state index contributed by atoms with van der Waals surface area (Å²) in [6.45, 7) is 4.69. The molecule has 0 spiro atoms. The lowest BCUT2D eigenvalue weighted by Crippen LogP contribution is -2.14. The Kier molecular flexibility index (Phi) is 3.90. The molecular formula is C33H22BrNO. The van der Waals surface area contributed by atoms with Gasteiger partial charge in [0.1, 0.15) is 11.2 Å². The number of rotatable bonds is 1. The van der Waals surface area contributed by atoms with Crippen LogP contribution in [-0.4, -0.2) is 4.57 Å². The fourth-order valence-corrected chi connectivity index (χ4v) is 7.00. The first-order chi connectivity index (χ1) is 17.5. The molecule has 2 heterocycles. The van der Waals surface area contributed by atoms with Gasteiger partial charge in [-0.25, -0.2) is 0 Å². The van der Waals surface area contributed by atoms with Crippen molar-refractivity contribution in [1.29, 1.82) is 0 Å². The van der Waals surface area contributed by atoms with Gasteiger partial charge in [-0.15, -0.1) is 0 Å². The molecule has 0 saturated heterocycles. The summed E-state index contributed by atoms with van der Waals surface area (Å²) in [4.78, 5) is 0. The maximum atomic E-state index is 6.16. The number of aromatic nitrogens is 1. The summed E-state index contributed by atoms with van der Waals surface area (Å²) in [5.41, 5.74) is 10.9. The van der Waals surface area contributed by atoms with E-state index in [-0.39, 0.29) is 5.41 Å². The van der Waals surface area contributed by atoms with Crippen LogP contribution in [0, 0.1) is 0 Å². The number of para-hydroxylation sites is 1.